The highest BCUT2D eigenvalue weighted by Gasteiger charge is 2.03. The molecule has 2 aromatic rings. The molecule has 2 nitrogen and oxygen atoms in total. The summed E-state index contributed by atoms with van der Waals surface area (Å²) in [7, 11) is 0. The van der Waals surface area contributed by atoms with Crippen molar-refractivity contribution in [3.8, 4) is 11.5 Å². The summed E-state index contributed by atoms with van der Waals surface area (Å²) in [6, 6.07) is 10.3. The first kappa shape index (κ1) is 12.5. The smallest absolute Gasteiger partial charge is 0.133 e. The molecule has 18 heavy (non-hydrogen) atoms. The Balaban J connectivity index is 2.20. The lowest BCUT2D eigenvalue weighted by atomic mass is 10.1. The summed E-state index contributed by atoms with van der Waals surface area (Å²) >= 11 is 0. The number of hydrogen-bond acceptors (Lipinski definition) is 2. The lowest BCUT2D eigenvalue weighted by molar-refractivity contribution is 0.468. The van der Waals surface area contributed by atoms with Crippen LogP contribution in [0, 0.1) is 11.6 Å². The first-order valence-corrected chi connectivity index (χ1v) is 5.60. The lowest BCUT2D eigenvalue weighted by Crippen LogP contribution is -2.02. The van der Waals surface area contributed by atoms with Gasteiger partial charge in [0.2, 0.25) is 0 Å². The third-order valence-electron chi connectivity index (χ3n) is 2.40. The predicted molar refractivity (Wildman–Crippen MR) is 65.6 cm³/mol. The Morgan fingerprint density at radius 3 is 2.33 bits per heavy atom. The van der Waals surface area contributed by atoms with Gasteiger partial charge in [0.25, 0.3) is 0 Å². The molecule has 0 fully saturated rings. The minimum Gasteiger partial charge on any atom is -0.457 e. The monoisotopic (exact) mass is 249 g/mol. The average molecular weight is 249 g/mol. The van der Waals surface area contributed by atoms with Crippen molar-refractivity contribution in [2.24, 2.45) is 5.73 Å². The summed E-state index contributed by atoms with van der Waals surface area (Å²) < 4.78 is 31.4. The van der Waals surface area contributed by atoms with E-state index in [2.05, 4.69) is 0 Å². The summed E-state index contributed by atoms with van der Waals surface area (Å²) in [4.78, 5) is 0. The van der Waals surface area contributed by atoms with Crippen LogP contribution in [0.3, 0.4) is 0 Å². The Kier molecular flexibility index (Phi) is 3.89. The van der Waals surface area contributed by atoms with Gasteiger partial charge in [0.05, 0.1) is 0 Å². The van der Waals surface area contributed by atoms with Crippen LogP contribution < -0.4 is 10.5 Å². The zero-order chi connectivity index (χ0) is 13.0. The quantitative estimate of drug-likeness (QED) is 0.902. The zero-order valence-corrected chi connectivity index (χ0v) is 9.70. The molecule has 0 amide bonds. The Morgan fingerprint density at radius 2 is 1.67 bits per heavy atom. The largest absolute Gasteiger partial charge is 0.457 e. The van der Waals surface area contributed by atoms with Gasteiger partial charge in [-0.3, -0.25) is 0 Å². The van der Waals surface area contributed by atoms with Crippen LogP contribution in [0.1, 0.15) is 5.56 Å². The van der Waals surface area contributed by atoms with Gasteiger partial charge in [0, 0.05) is 18.2 Å². The van der Waals surface area contributed by atoms with E-state index in [1.165, 1.54) is 0 Å². The molecule has 0 atom stereocenters. The molecule has 0 radical (unpaired) electrons. The summed E-state index contributed by atoms with van der Waals surface area (Å²) in [6.07, 6.45) is 0.731. The number of hydrogen-bond donors (Lipinski definition) is 1. The van der Waals surface area contributed by atoms with Crippen LogP contribution in [0.25, 0.3) is 0 Å². The molecule has 0 aliphatic heterocycles. The SMILES string of the molecule is NCCc1cccc(Oc2cc(F)cc(F)c2)c1. The summed E-state index contributed by atoms with van der Waals surface area (Å²) in [5.41, 5.74) is 6.48. The Hall–Kier alpha value is -1.94. The highest BCUT2D eigenvalue weighted by atomic mass is 19.1. The predicted octanol–water partition coefficient (Wildman–Crippen LogP) is 3.26. The molecule has 0 heterocycles. The summed E-state index contributed by atoms with van der Waals surface area (Å²) in [6.45, 7) is 0.540. The third kappa shape index (κ3) is 3.28. The molecule has 4 heteroatoms. The molecule has 0 spiro atoms. The molecule has 0 saturated heterocycles. The number of ether oxygens (including phenoxy) is 1. The highest BCUT2D eigenvalue weighted by Crippen LogP contribution is 2.24. The second kappa shape index (κ2) is 5.60. The molecule has 0 unspecified atom stereocenters. The number of nitrogens with two attached hydrogens (primary N) is 1. The topological polar surface area (TPSA) is 35.2 Å². The summed E-state index contributed by atoms with van der Waals surface area (Å²) in [5, 5.41) is 0. The Morgan fingerprint density at radius 1 is 0.944 bits per heavy atom. The van der Waals surface area contributed by atoms with Gasteiger partial charge < -0.3 is 10.5 Å². The molecule has 0 aliphatic carbocycles. The maximum Gasteiger partial charge on any atom is 0.133 e. The first-order chi connectivity index (χ1) is 8.67. The minimum absolute atomic E-state index is 0.136. The number of rotatable bonds is 4. The van der Waals surface area contributed by atoms with E-state index in [1.54, 1.807) is 12.1 Å². The van der Waals surface area contributed by atoms with Crippen molar-refractivity contribution in [2.45, 2.75) is 6.42 Å². The van der Waals surface area contributed by atoms with Gasteiger partial charge in [-0.1, -0.05) is 12.1 Å². The maximum absolute atomic E-state index is 13.0. The molecule has 2 aromatic carbocycles. The van der Waals surface area contributed by atoms with Gasteiger partial charge in [0.15, 0.2) is 0 Å². The Bertz CT molecular complexity index is 523. The molecule has 0 bridgehead atoms. The van der Waals surface area contributed by atoms with Crippen molar-refractivity contribution in [3.63, 3.8) is 0 Å². The fourth-order valence-corrected chi connectivity index (χ4v) is 1.65. The van der Waals surface area contributed by atoms with Crippen molar-refractivity contribution >= 4 is 0 Å². The Labute approximate surface area is 104 Å². The van der Waals surface area contributed by atoms with Crippen molar-refractivity contribution in [2.75, 3.05) is 6.54 Å². The second-order valence-electron chi connectivity index (χ2n) is 3.89. The first-order valence-electron chi connectivity index (χ1n) is 5.60. The molecule has 0 aromatic heterocycles. The van der Waals surface area contributed by atoms with Crippen molar-refractivity contribution in [1.29, 1.82) is 0 Å². The molecule has 94 valence electrons. The normalized spacial score (nSPS) is 10.4. The zero-order valence-electron chi connectivity index (χ0n) is 9.70. The van der Waals surface area contributed by atoms with E-state index in [1.807, 2.05) is 12.1 Å². The van der Waals surface area contributed by atoms with Crippen LogP contribution in [-0.2, 0) is 6.42 Å². The average Bonchev–Trinajstić information content (AvgIpc) is 2.28. The van der Waals surface area contributed by atoms with Crippen molar-refractivity contribution in [1.82, 2.24) is 0 Å². The number of halogens is 2. The van der Waals surface area contributed by atoms with Gasteiger partial charge >= 0.3 is 0 Å². The summed E-state index contributed by atoms with van der Waals surface area (Å²) in [5.74, 6) is -0.658. The lowest BCUT2D eigenvalue weighted by Gasteiger charge is -2.07. The molecule has 0 aliphatic rings. The van der Waals surface area contributed by atoms with Gasteiger partial charge in [-0.15, -0.1) is 0 Å². The molecule has 0 saturated carbocycles. The van der Waals surface area contributed by atoms with E-state index in [-0.39, 0.29) is 5.75 Å². The van der Waals surface area contributed by atoms with E-state index >= 15 is 0 Å². The molecular weight excluding hydrogens is 236 g/mol. The van der Waals surface area contributed by atoms with Crippen molar-refractivity contribution in [3.05, 3.63) is 59.7 Å². The standard InChI is InChI=1S/C14H13F2NO/c15-11-7-12(16)9-14(8-11)18-13-3-1-2-10(6-13)4-5-17/h1-3,6-9H,4-5,17H2. The molecular formula is C14H13F2NO. The highest BCUT2D eigenvalue weighted by molar-refractivity contribution is 5.34. The van der Waals surface area contributed by atoms with E-state index in [0.717, 1.165) is 30.2 Å². The van der Waals surface area contributed by atoms with Crippen LogP contribution in [0.5, 0.6) is 11.5 Å². The second-order valence-corrected chi connectivity index (χ2v) is 3.89. The minimum atomic E-state index is -0.664. The van der Waals surface area contributed by atoms with Gasteiger partial charge in [-0.2, -0.15) is 0 Å². The molecule has 2 N–H and O–H groups in total. The van der Waals surface area contributed by atoms with Crippen LogP contribution >= 0.6 is 0 Å². The van der Waals surface area contributed by atoms with Crippen LogP contribution in [-0.4, -0.2) is 6.54 Å². The molecule has 2 rings (SSSR count). The van der Waals surface area contributed by atoms with Crippen molar-refractivity contribution < 1.29 is 13.5 Å². The fraction of sp³-hybridized carbons (Fsp3) is 0.143. The van der Waals surface area contributed by atoms with Crippen LogP contribution in [0.4, 0.5) is 8.78 Å². The van der Waals surface area contributed by atoms with Gasteiger partial charge in [-0.05, 0) is 30.7 Å². The van der Waals surface area contributed by atoms with E-state index in [0.29, 0.717) is 12.3 Å². The fourth-order valence-electron chi connectivity index (χ4n) is 1.65. The number of benzene rings is 2. The van der Waals surface area contributed by atoms with Crippen LogP contribution in [0.15, 0.2) is 42.5 Å². The van der Waals surface area contributed by atoms with Crippen LogP contribution in [0.2, 0.25) is 0 Å². The van der Waals surface area contributed by atoms with Gasteiger partial charge in [0.1, 0.15) is 23.1 Å². The van der Waals surface area contributed by atoms with E-state index < -0.39 is 11.6 Å². The van der Waals surface area contributed by atoms with E-state index in [4.69, 9.17) is 10.5 Å². The van der Waals surface area contributed by atoms with Gasteiger partial charge in [-0.25, -0.2) is 8.78 Å². The third-order valence-corrected chi connectivity index (χ3v) is 2.40. The maximum atomic E-state index is 13.0. The van der Waals surface area contributed by atoms with E-state index in [9.17, 15) is 8.78 Å².